The van der Waals surface area contributed by atoms with Crippen LogP contribution in [0, 0.1) is 13.8 Å². The molecule has 0 saturated heterocycles. The fourth-order valence-electron chi connectivity index (χ4n) is 7.80. The zero-order valence-corrected chi connectivity index (χ0v) is 42.2. The first-order valence-corrected chi connectivity index (χ1v) is 23.7. The van der Waals surface area contributed by atoms with Gasteiger partial charge in [-0.05, 0) is 85.3 Å². The Hall–Kier alpha value is -6.92. The number of aromatic nitrogens is 2. The van der Waals surface area contributed by atoms with Crippen molar-refractivity contribution in [2.75, 3.05) is 14.1 Å². The van der Waals surface area contributed by atoms with Crippen LogP contribution in [0.1, 0.15) is 69.5 Å². The highest BCUT2D eigenvalue weighted by Crippen LogP contribution is 2.37. The van der Waals surface area contributed by atoms with E-state index in [9.17, 15) is 30.0 Å². The molecule has 378 valence electrons. The lowest BCUT2D eigenvalue weighted by Gasteiger charge is -2.20. The third-order valence-corrected chi connectivity index (χ3v) is 12.3. The standard InChI is InChI=1S/C54H58Cl2N6O10/c1-31-39(29-71-49-17-47(69-27-37-13-35(19-57-5)21-59-23-37)41(15-45(49)55)25-61-51(33(3)63)53(65)66)9-7-11-43(31)44-12-8-10-40(32(44)2)30-72-50-18-48(70-28-38-14-36(20-58-6)22-60-24-38)42(16-46(50)56)26-62-52(34(4)64)54(67)68/h7-24,33-34,51-52,61-64H,25-30H2,1-6H3,(H,65,66)(H,67,68)/t33-,34-,51-,52-/m1/s1. The number of aliphatic carboxylic acids is 2. The maximum atomic E-state index is 11.9. The first-order chi connectivity index (χ1) is 34.6. The highest BCUT2D eigenvalue weighted by atomic mass is 35.5. The number of hydrogen-bond acceptors (Lipinski definition) is 14. The highest BCUT2D eigenvalue weighted by molar-refractivity contribution is 6.32. The molecule has 72 heavy (non-hydrogen) atoms. The van der Waals surface area contributed by atoms with E-state index in [0.29, 0.717) is 34.1 Å². The maximum Gasteiger partial charge on any atom is 0.323 e. The third kappa shape index (κ3) is 14.6. The van der Waals surface area contributed by atoms with Gasteiger partial charge in [0.1, 0.15) is 61.5 Å². The Morgan fingerprint density at radius 2 is 0.972 bits per heavy atom. The Morgan fingerprint density at radius 1 is 0.583 bits per heavy atom. The van der Waals surface area contributed by atoms with Gasteiger partial charge >= 0.3 is 11.9 Å². The van der Waals surface area contributed by atoms with Crippen molar-refractivity contribution < 1.29 is 49.0 Å². The summed E-state index contributed by atoms with van der Waals surface area (Å²) in [5.74, 6) is -0.915. The number of carbonyl (C=O) groups is 2. The summed E-state index contributed by atoms with van der Waals surface area (Å²) in [4.78, 5) is 40.4. The van der Waals surface area contributed by atoms with Gasteiger partial charge in [0, 0.05) is 110 Å². The van der Waals surface area contributed by atoms with E-state index in [2.05, 4.69) is 30.6 Å². The molecule has 4 atom stereocenters. The van der Waals surface area contributed by atoms with Crippen molar-refractivity contribution in [2.45, 2.75) is 91.5 Å². The minimum absolute atomic E-state index is 0.0284. The average Bonchev–Trinajstić information content (AvgIpc) is 3.33. The summed E-state index contributed by atoms with van der Waals surface area (Å²) in [6.45, 7) is 7.48. The van der Waals surface area contributed by atoms with E-state index in [-0.39, 0.29) is 49.6 Å². The van der Waals surface area contributed by atoms with Crippen molar-refractivity contribution in [3.63, 3.8) is 0 Å². The van der Waals surface area contributed by atoms with Gasteiger partial charge < -0.3 is 39.4 Å². The number of aliphatic hydroxyl groups excluding tert-OH is 2. The summed E-state index contributed by atoms with van der Waals surface area (Å²) in [5.41, 5.74) is 9.98. The van der Waals surface area contributed by atoms with Crippen molar-refractivity contribution in [3.8, 4) is 34.1 Å². The van der Waals surface area contributed by atoms with Gasteiger partial charge in [-0.15, -0.1) is 0 Å². The summed E-state index contributed by atoms with van der Waals surface area (Å²) >= 11 is 13.7. The molecule has 0 aliphatic heterocycles. The number of aliphatic hydroxyl groups is 2. The van der Waals surface area contributed by atoms with Crippen LogP contribution in [0.15, 0.2) is 108 Å². The normalized spacial score (nSPS) is 13.2. The van der Waals surface area contributed by atoms with E-state index < -0.39 is 36.2 Å². The minimum Gasteiger partial charge on any atom is -0.488 e. The third-order valence-electron chi connectivity index (χ3n) is 11.7. The molecule has 0 aliphatic carbocycles. The lowest BCUT2D eigenvalue weighted by molar-refractivity contribution is -0.143. The van der Waals surface area contributed by atoms with Gasteiger partial charge in [0.2, 0.25) is 0 Å². The van der Waals surface area contributed by atoms with Crippen molar-refractivity contribution in [3.05, 3.63) is 163 Å². The Balaban J connectivity index is 1.21. The van der Waals surface area contributed by atoms with Crippen LogP contribution in [-0.4, -0.2) is 93.1 Å². The van der Waals surface area contributed by atoms with E-state index in [4.69, 9.17) is 42.1 Å². The zero-order chi connectivity index (χ0) is 51.9. The number of ether oxygens (including phenoxy) is 4. The van der Waals surface area contributed by atoms with Crippen molar-refractivity contribution in [1.29, 1.82) is 0 Å². The molecule has 0 aliphatic rings. The smallest absolute Gasteiger partial charge is 0.323 e. The van der Waals surface area contributed by atoms with E-state index in [1.165, 1.54) is 13.8 Å². The predicted octanol–water partition coefficient (Wildman–Crippen LogP) is 8.33. The van der Waals surface area contributed by atoms with Gasteiger partial charge in [0.25, 0.3) is 0 Å². The largest absolute Gasteiger partial charge is 0.488 e. The molecule has 6 N–H and O–H groups in total. The lowest BCUT2D eigenvalue weighted by Crippen LogP contribution is -2.44. The molecular weight excluding hydrogens is 964 g/mol. The van der Waals surface area contributed by atoms with E-state index in [1.54, 1.807) is 75.6 Å². The number of carboxylic acid groups (broad SMARTS) is 2. The molecular formula is C54H58Cl2N6O10. The van der Waals surface area contributed by atoms with Gasteiger partial charge in [-0.1, -0.05) is 59.6 Å². The van der Waals surface area contributed by atoms with Crippen molar-refractivity contribution >= 4 is 47.6 Å². The number of aliphatic imine (C=N–C) groups is 2. The fourth-order valence-corrected chi connectivity index (χ4v) is 8.28. The van der Waals surface area contributed by atoms with Crippen LogP contribution >= 0.6 is 23.2 Å². The van der Waals surface area contributed by atoms with Gasteiger partial charge in [0.05, 0.1) is 22.3 Å². The molecule has 4 aromatic carbocycles. The first-order valence-electron chi connectivity index (χ1n) is 22.9. The first kappa shape index (κ1) is 54.4. The summed E-state index contributed by atoms with van der Waals surface area (Å²) in [6, 6.07) is 20.0. The number of nitrogens with one attached hydrogen (secondary N) is 2. The molecule has 0 radical (unpaired) electrons. The molecule has 0 bridgehead atoms. The van der Waals surface area contributed by atoms with E-state index in [0.717, 1.165) is 55.6 Å². The molecule has 0 amide bonds. The van der Waals surface area contributed by atoms with Gasteiger partial charge in [0.15, 0.2) is 0 Å². The molecule has 2 heterocycles. The van der Waals surface area contributed by atoms with Gasteiger partial charge in [-0.3, -0.25) is 40.2 Å². The Labute approximate surface area is 428 Å². The average molecular weight is 1020 g/mol. The number of halogens is 2. The van der Waals surface area contributed by atoms with E-state index >= 15 is 0 Å². The number of nitrogens with zero attached hydrogens (tertiary/aromatic N) is 4. The molecule has 6 aromatic rings. The molecule has 18 heteroatoms. The van der Waals surface area contributed by atoms with Crippen LogP contribution in [0.2, 0.25) is 10.0 Å². The highest BCUT2D eigenvalue weighted by Gasteiger charge is 2.25. The molecule has 0 spiro atoms. The summed E-state index contributed by atoms with van der Waals surface area (Å²) < 4.78 is 25.3. The molecule has 6 rings (SSSR count). The van der Waals surface area contributed by atoms with Crippen LogP contribution in [0.5, 0.6) is 23.0 Å². The second-order valence-corrected chi connectivity index (χ2v) is 17.8. The number of hydrogen-bond donors (Lipinski definition) is 6. The van der Waals surface area contributed by atoms with Crippen LogP contribution < -0.4 is 29.6 Å². The number of rotatable bonds is 25. The molecule has 0 unspecified atom stereocenters. The van der Waals surface area contributed by atoms with Gasteiger partial charge in [-0.2, -0.15) is 0 Å². The Morgan fingerprint density at radius 3 is 1.33 bits per heavy atom. The zero-order valence-electron chi connectivity index (χ0n) is 40.7. The van der Waals surface area contributed by atoms with Crippen LogP contribution in [-0.2, 0) is 49.1 Å². The van der Waals surface area contributed by atoms with E-state index in [1.807, 2.05) is 62.4 Å². The van der Waals surface area contributed by atoms with Gasteiger partial charge in [-0.25, -0.2) is 0 Å². The predicted molar refractivity (Wildman–Crippen MR) is 277 cm³/mol. The summed E-state index contributed by atoms with van der Waals surface area (Å²) in [5, 5.41) is 45.9. The van der Waals surface area contributed by atoms with Crippen LogP contribution in [0.3, 0.4) is 0 Å². The second kappa shape index (κ2) is 26.0. The Bertz CT molecular complexity index is 2720. The van der Waals surface area contributed by atoms with Crippen LogP contribution in [0.25, 0.3) is 11.1 Å². The summed E-state index contributed by atoms with van der Waals surface area (Å²) in [7, 11) is 3.34. The SMILES string of the molecule is CN=Cc1cncc(COc2cc(OCc3cccc(-c4cccc(COc5cc(OCc6cncc(C=NC)c6)c(CN[C@@H](C(=O)O)[C@@H](C)O)cc5Cl)c4C)c3C)c(Cl)cc2CN[C@@H](C(=O)O)[C@@H](C)O)c1. The number of pyridine rings is 2. The number of carboxylic acids is 2. The monoisotopic (exact) mass is 1020 g/mol. The van der Waals surface area contributed by atoms with Crippen molar-refractivity contribution in [1.82, 2.24) is 20.6 Å². The number of benzene rings is 4. The Kier molecular flexibility index (Phi) is 19.6. The van der Waals surface area contributed by atoms with Crippen molar-refractivity contribution in [2.24, 2.45) is 9.98 Å². The van der Waals surface area contributed by atoms with Crippen LogP contribution in [0.4, 0.5) is 0 Å². The molecule has 2 aromatic heterocycles. The molecule has 16 nitrogen and oxygen atoms in total. The molecule has 0 fully saturated rings. The quantitative estimate of drug-likeness (QED) is 0.0297. The topological polar surface area (TPSA) is 227 Å². The second-order valence-electron chi connectivity index (χ2n) is 17.0. The fraction of sp³-hybridized carbons (Fsp3) is 0.296. The molecule has 0 saturated carbocycles. The summed E-state index contributed by atoms with van der Waals surface area (Å²) in [6.07, 6.45) is 7.78. The minimum atomic E-state index is -1.23. The lowest BCUT2D eigenvalue weighted by atomic mass is 9.92. The maximum absolute atomic E-state index is 11.9.